The quantitative estimate of drug-likeness (QED) is 0.369. The average Bonchev–Trinajstić information content (AvgIpc) is 3.01. The molecule has 0 aliphatic carbocycles. The Morgan fingerprint density at radius 2 is 2.04 bits per heavy atom. The average molecular weight is 459 g/mol. The summed E-state index contributed by atoms with van der Waals surface area (Å²) in [6.07, 6.45) is 2.36. The molecule has 0 bridgehead atoms. The summed E-state index contributed by atoms with van der Waals surface area (Å²) >= 11 is 0. The predicted molar refractivity (Wildman–Crippen MR) is 106 cm³/mol. The van der Waals surface area contributed by atoms with Crippen molar-refractivity contribution in [2.45, 2.75) is 18.9 Å². The lowest BCUT2D eigenvalue weighted by atomic mass is 10.0. The SMILES string of the molecule is CC(O)(CN=C(N)Nc1ccc2c(c1)OCCCO2)c1ccco1.I. The zero-order chi connectivity index (χ0) is 17.0. The predicted octanol–water partition coefficient (Wildman–Crippen LogP) is 2.69. The number of aliphatic hydroxyl groups is 1. The van der Waals surface area contributed by atoms with Gasteiger partial charge < -0.3 is 30.0 Å². The van der Waals surface area contributed by atoms with Crippen molar-refractivity contribution in [3.8, 4) is 11.5 Å². The van der Waals surface area contributed by atoms with Crippen LogP contribution in [-0.2, 0) is 5.60 Å². The molecule has 3 rings (SSSR count). The third kappa shape index (κ3) is 5.02. The maximum Gasteiger partial charge on any atom is 0.193 e. The Balaban J connectivity index is 0.00000225. The van der Waals surface area contributed by atoms with Gasteiger partial charge in [-0.2, -0.15) is 0 Å². The Morgan fingerprint density at radius 3 is 2.76 bits per heavy atom. The molecule has 0 fully saturated rings. The van der Waals surface area contributed by atoms with Crippen LogP contribution in [0.2, 0.25) is 0 Å². The number of benzene rings is 1. The molecule has 2 aromatic rings. The number of anilines is 1. The van der Waals surface area contributed by atoms with E-state index < -0.39 is 5.60 Å². The first-order chi connectivity index (χ1) is 11.5. The fourth-order valence-electron chi connectivity index (χ4n) is 2.33. The van der Waals surface area contributed by atoms with Crippen molar-refractivity contribution < 1.29 is 19.0 Å². The van der Waals surface area contributed by atoms with Crippen molar-refractivity contribution in [2.75, 3.05) is 25.1 Å². The summed E-state index contributed by atoms with van der Waals surface area (Å²) in [5.74, 6) is 2.02. The number of nitrogens with one attached hydrogen (secondary N) is 1. The third-order valence-corrected chi connectivity index (χ3v) is 3.63. The molecule has 7 nitrogen and oxygen atoms in total. The summed E-state index contributed by atoms with van der Waals surface area (Å²) in [5.41, 5.74) is 5.41. The van der Waals surface area contributed by atoms with E-state index in [0.717, 1.165) is 12.1 Å². The summed E-state index contributed by atoms with van der Waals surface area (Å²) in [7, 11) is 0. The normalized spacial score (nSPS) is 16.3. The van der Waals surface area contributed by atoms with Crippen LogP contribution in [0.1, 0.15) is 19.1 Å². The Morgan fingerprint density at radius 1 is 1.28 bits per heavy atom. The molecule has 0 saturated carbocycles. The molecule has 8 heteroatoms. The molecule has 25 heavy (non-hydrogen) atoms. The molecule has 1 aromatic carbocycles. The summed E-state index contributed by atoms with van der Waals surface area (Å²) in [6, 6.07) is 8.89. The number of hydrogen-bond donors (Lipinski definition) is 3. The maximum absolute atomic E-state index is 10.4. The van der Waals surface area contributed by atoms with Gasteiger partial charge in [0.05, 0.1) is 26.0 Å². The van der Waals surface area contributed by atoms with E-state index in [2.05, 4.69) is 10.3 Å². The van der Waals surface area contributed by atoms with Crippen molar-refractivity contribution in [1.82, 2.24) is 0 Å². The topological polar surface area (TPSA) is 102 Å². The van der Waals surface area contributed by atoms with Gasteiger partial charge in [0, 0.05) is 18.2 Å². The number of nitrogens with zero attached hydrogens (tertiary/aromatic N) is 1. The molecule has 1 aliphatic rings. The van der Waals surface area contributed by atoms with Crippen LogP contribution in [0.15, 0.2) is 46.0 Å². The molecule has 136 valence electrons. The molecular weight excluding hydrogens is 437 g/mol. The summed E-state index contributed by atoms with van der Waals surface area (Å²) < 4.78 is 16.4. The minimum atomic E-state index is -1.22. The highest BCUT2D eigenvalue weighted by Crippen LogP contribution is 2.32. The molecule has 2 heterocycles. The molecule has 4 N–H and O–H groups in total. The lowest BCUT2D eigenvalue weighted by molar-refractivity contribution is 0.0438. The van der Waals surface area contributed by atoms with Gasteiger partial charge in [0.2, 0.25) is 0 Å². The number of nitrogens with two attached hydrogens (primary N) is 1. The second kappa shape index (κ2) is 8.43. The first-order valence-electron chi connectivity index (χ1n) is 7.77. The van der Waals surface area contributed by atoms with Crippen LogP contribution in [-0.4, -0.2) is 30.8 Å². The number of rotatable bonds is 4. The van der Waals surface area contributed by atoms with E-state index in [4.69, 9.17) is 19.6 Å². The van der Waals surface area contributed by atoms with E-state index in [1.54, 1.807) is 19.1 Å². The first-order valence-corrected chi connectivity index (χ1v) is 7.77. The second-order valence-corrected chi connectivity index (χ2v) is 5.79. The van der Waals surface area contributed by atoms with Crippen molar-refractivity contribution in [1.29, 1.82) is 0 Å². The lowest BCUT2D eigenvalue weighted by Crippen LogP contribution is -2.29. The van der Waals surface area contributed by atoms with Crippen molar-refractivity contribution >= 4 is 35.6 Å². The molecule has 1 aliphatic heterocycles. The van der Waals surface area contributed by atoms with Gasteiger partial charge in [-0.25, -0.2) is 4.99 Å². The van der Waals surface area contributed by atoms with Crippen LogP contribution in [0.3, 0.4) is 0 Å². The molecule has 0 spiro atoms. The van der Waals surface area contributed by atoms with Gasteiger partial charge in [0.1, 0.15) is 11.4 Å². The molecule has 0 saturated heterocycles. The fourth-order valence-corrected chi connectivity index (χ4v) is 2.33. The molecule has 1 atom stereocenters. The van der Waals surface area contributed by atoms with Gasteiger partial charge in [-0.1, -0.05) is 0 Å². The van der Waals surface area contributed by atoms with E-state index in [9.17, 15) is 5.11 Å². The standard InChI is InChI=1S/C17H21N3O4.HI/c1-17(21,15-4-2-7-24-15)11-19-16(18)20-12-5-6-13-14(10-12)23-9-3-8-22-13;/h2,4-7,10,21H,3,8-9,11H2,1H3,(H3,18,19,20);1H. The lowest BCUT2D eigenvalue weighted by Gasteiger charge is -2.18. The Kier molecular flexibility index (Phi) is 6.54. The highest BCUT2D eigenvalue weighted by molar-refractivity contribution is 14.0. The van der Waals surface area contributed by atoms with Gasteiger partial charge >= 0.3 is 0 Å². The van der Waals surface area contributed by atoms with Gasteiger partial charge in [-0.05, 0) is 31.2 Å². The minimum Gasteiger partial charge on any atom is -0.490 e. The zero-order valence-corrected chi connectivity index (χ0v) is 16.2. The zero-order valence-electron chi connectivity index (χ0n) is 13.9. The Hall–Kier alpha value is -1.94. The maximum atomic E-state index is 10.4. The van der Waals surface area contributed by atoms with Crippen LogP contribution in [0.25, 0.3) is 0 Å². The summed E-state index contributed by atoms with van der Waals surface area (Å²) in [6.45, 7) is 2.96. The van der Waals surface area contributed by atoms with Crippen LogP contribution in [0, 0.1) is 0 Å². The molecule has 1 aromatic heterocycles. The number of furan rings is 1. The molecule has 0 radical (unpaired) electrons. The molecule has 0 amide bonds. The van der Waals surface area contributed by atoms with Gasteiger partial charge in [0.15, 0.2) is 17.5 Å². The van der Waals surface area contributed by atoms with Crippen LogP contribution < -0.4 is 20.5 Å². The summed E-state index contributed by atoms with van der Waals surface area (Å²) in [5, 5.41) is 13.3. The number of ether oxygens (including phenoxy) is 2. The van der Waals surface area contributed by atoms with E-state index in [1.165, 1.54) is 6.26 Å². The van der Waals surface area contributed by atoms with Crippen LogP contribution in [0.5, 0.6) is 11.5 Å². The van der Waals surface area contributed by atoms with Gasteiger partial charge in [-0.15, -0.1) is 24.0 Å². The summed E-state index contributed by atoms with van der Waals surface area (Å²) in [4.78, 5) is 4.18. The molecular formula is C17H22IN3O4. The number of hydrogen-bond acceptors (Lipinski definition) is 5. The third-order valence-electron chi connectivity index (χ3n) is 3.63. The van der Waals surface area contributed by atoms with Gasteiger partial charge in [0.25, 0.3) is 0 Å². The number of fused-ring (bicyclic) bond motifs is 1. The van der Waals surface area contributed by atoms with E-state index in [0.29, 0.717) is 30.5 Å². The number of guanidine groups is 1. The Bertz CT molecular complexity index is 717. The van der Waals surface area contributed by atoms with E-state index in [1.807, 2.05) is 18.2 Å². The van der Waals surface area contributed by atoms with Crippen LogP contribution in [0.4, 0.5) is 5.69 Å². The second-order valence-electron chi connectivity index (χ2n) is 5.79. The van der Waals surface area contributed by atoms with E-state index in [-0.39, 0.29) is 36.5 Å². The largest absolute Gasteiger partial charge is 0.490 e. The smallest absolute Gasteiger partial charge is 0.193 e. The highest BCUT2D eigenvalue weighted by Gasteiger charge is 2.25. The van der Waals surface area contributed by atoms with Gasteiger partial charge in [-0.3, -0.25) is 0 Å². The minimum absolute atomic E-state index is 0. The van der Waals surface area contributed by atoms with Crippen molar-refractivity contribution in [2.24, 2.45) is 10.7 Å². The van der Waals surface area contributed by atoms with Crippen molar-refractivity contribution in [3.63, 3.8) is 0 Å². The van der Waals surface area contributed by atoms with Crippen LogP contribution >= 0.6 is 24.0 Å². The molecule has 1 unspecified atom stereocenters. The number of halogens is 1. The highest BCUT2D eigenvalue weighted by atomic mass is 127. The fraction of sp³-hybridized carbons (Fsp3) is 0.353. The Labute approximate surface area is 163 Å². The van der Waals surface area contributed by atoms with E-state index >= 15 is 0 Å². The van der Waals surface area contributed by atoms with Crippen molar-refractivity contribution in [3.05, 3.63) is 42.4 Å². The monoisotopic (exact) mass is 459 g/mol. The number of aliphatic imine (C=N–C) groups is 1. The first kappa shape index (κ1) is 19.4.